The minimum absolute atomic E-state index is 0.0498. The molecule has 7 nitrogen and oxygen atoms in total. The second kappa shape index (κ2) is 10.7. The molecule has 0 amide bonds. The second-order valence-electron chi connectivity index (χ2n) is 8.23. The van der Waals surface area contributed by atoms with Crippen molar-refractivity contribution in [2.45, 2.75) is 41.8 Å². The average molecular weight is 521 g/mol. The van der Waals surface area contributed by atoms with E-state index in [1.807, 2.05) is 47.8 Å². The van der Waals surface area contributed by atoms with E-state index in [9.17, 15) is 16.8 Å². The molecule has 0 saturated carbocycles. The van der Waals surface area contributed by atoms with Gasteiger partial charge in [0.1, 0.15) is 0 Å². The lowest BCUT2D eigenvalue weighted by molar-refractivity contribution is 0.0927. The molecule has 2 aromatic carbocycles. The van der Waals surface area contributed by atoms with E-state index in [4.69, 9.17) is 4.74 Å². The van der Waals surface area contributed by atoms with E-state index in [0.717, 1.165) is 23.3 Å². The fourth-order valence-electron chi connectivity index (χ4n) is 3.88. The molecule has 1 atom stereocenters. The average Bonchev–Trinajstić information content (AvgIpc) is 3.54. The van der Waals surface area contributed by atoms with E-state index >= 15 is 0 Å². The molecule has 0 bridgehead atoms. The Hall–Kier alpha value is -2.08. The van der Waals surface area contributed by atoms with Gasteiger partial charge >= 0.3 is 0 Å². The van der Waals surface area contributed by atoms with E-state index in [2.05, 4.69) is 0 Å². The van der Waals surface area contributed by atoms with Gasteiger partial charge < -0.3 is 4.74 Å². The Kier molecular flexibility index (Phi) is 7.86. The van der Waals surface area contributed by atoms with Crippen LogP contribution in [0, 0.1) is 0 Å². The van der Waals surface area contributed by atoms with E-state index in [1.54, 1.807) is 0 Å². The van der Waals surface area contributed by atoms with Crippen LogP contribution in [-0.4, -0.2) is 51.7 Å². The highest BCUT2D eigenvalue weighted by Gasteiger charge is 2.30. The van der Waals surface area contributed by atoms with Crippen molar-refractivity contribution < 1.29 is 21.6 Å². The molecule has 0 radical (unpaired) electrons. The summed E-state index contributed by atoms with van der Waals surface area (Å²) in [5.41, 5.74) is 0.867. The Morgan fingerprint density at radius 2 is 1.56 bits per heavy atom. The highest BCUT2D eigenvalue weighted by atomic mass is 32.2. The van der Waals surface area contributed by atoms with Crippen molar-refractivity contribution in [3.63, 3.8) is 0 Å². The maximum Gasteiger partial charge on any atom is 0.243 e. The summed E-state index contributed by atoms with van der Waals surface area (Å²) < 4.78 is 61.4. The third-order valence-electron chi connectivity index (χ3n) is 5.76. The van der Waals surface area contributed by atoms with Crippen LogP contribution in [0.4, 0.5) is 0 Å². The zero-order chi connectivity index (χ0) is 24.2. The monoisotopic (exact) mass is 520 g/mol. The SMILES string of the molecule is CN(Cc1ccccc1)S(=O)(=O)c1ccc(S(=O)(=O)N(Cc2cccs2)CC2CCCO2)cc1. The molecule has 0 spiro atoms. The first-order valence-electron chi connectivity index (χ1n) is 11.0. The fourth-order valence-corrected chi connectivity index (χ4v) is 7.29. The third kappa shape index (κ3) is 5.76. The van der Waals surface area contributed by atoms with Crippen molar-refractivity contribution in [3.05, 3.63) is 82.6 Å². The molecule has 2 heterocycles. The van der Waals surface area contributed by atoms with Gasteiger partial charge in [0, 0.05) is 38.2 Å². The number of ether oxygens (including phenoxy) is 1. The standard InChI is InChI=1S/C24H28N2O5S3/c1-25(17-20-7-3-2-4-8-20)33(27,28)23-11-13-24(14-12-23)34(29,30)26(18-21-9-5-15-31-21)19-22-10-6-16-32-22/h2-4,6-8,10-14,16,21H,5,9,15,17-19H2,1H3. The van der Waals surface area contributed by atoms with Gasteiger partial charge in [0.05, 0.1) is 15.9 Å². The van der Waals surface area contributed by atoms with Crippen molar-refractivity contribution in [3.8, 4) is 0 Å². The van der Waals surface area contributed by atoms with E-state index in [1.165, 1.54) is 51.3 Å². The summed E-state index contributed by atoms with van der Waals surface area (Å²) in [7, 11) is -6.11. The van der Waals surface area contributed by atoms with Gasteiger partial charge in [-0.3, -0.25) is 0 Å². The van der Waals surface area contributed by atoms with E-state index < -0.39 is 20.0 Å². The van der Waals surface area contributed by atoms with Gasteiger partial charge in [-0.15, -0.1) is 11.3 Å². The first-order valence-corrected chi connectivity index (χ1v) is 14.8. The lowest BCUT2D eigenvalue weighted by Crippen LogP contribution is -2.36. The van der Waals surface area contributed by atoms with Crippen molar-refractivity contribution in [2.75, 3.05) is 20.2 Å². The van der Waals surface area contributed by atoms with Crippen LogP contribution in [0.3, 0.4) is 0 Å². The fraction of sp³-hybridized carbons (Fsp3) is 0.333. The Morgan fingerprint density at radius 3 is 2.15 bits per heavy atom. The zero-order valence-corrected chi connectivity index (χ0v) is 21.4. The van der Waals surface area contributed by atoms with Crippen LogP contribution >= 0.6 is 11.3 Å². The summed E-state index contributed by atoms with van der Waals surface area (Å²) in [6.45, 7) is 1.37. The lowest BCUT2D eigenvalue weighted by Gasteiger charge is -2.24. The lowest BCUT2D eigenvalue weighted by atomic mass is 10.2. The van der Waals surface area contributed by atoms with Crippen molar-refractivity contribution >= 4 is 31.4 Å². The zero-order valence-electron chi connectivity index (χ0n) is 18.9. The minimum atomic E-state index is -3.84. The Labute approximate surface area is 205 Å². The smallest absolute Gasteiger partial charge is 0.243 e. The van der Waals surface area contributed by atoms with Crippen LogP contribution in [0.25, 0.3) is 0 Å². The molecule has 3 aromatic rings. The van der Waals surface area contributed by atoms with Crippen LogP contribution in [0.5, 0.6) is 0 Å². The Morgan fingerprint density at radius 1 is 0.882 bits per heavy atom. The molecule has 1 saturated heterocycles. The Bertz CT molecular complexity index is 1270. The number of hydrogen-bond acceptors (Lipinski definition) is 6. The first-order chi connectivity index (χ1) is 16.3. The first kappa shape index (κ1) is 25.0. The largest absolute Gasteiger partial charge is 0.377 e. The van der Waals surface area contributed by atoms with Gasteiger partial charge in [0.15, 0.2) is 0 Å². The summed E-state index contributed by atoms with van der Waals surface area (Å²) in [4.78, 5) is 1.05. The number of nitrogens with zero attached hydrogens (tertiary/aromatic N) is 2. The maximum atomic E-state index is 13.5. The predicted octanol–water partition coefficient (Wildman–Crippen LogP) is 3.94. The van der Waals surface area contributed by atoms with E-state index in [-0.39, 0.29) is 35.5 Å². The number of hydrogen-bond donors (Lipinski definition) is 0. The summed E-state index contributed by atoms with van der Waals surface area (Å²) in [5, 5.41) is 1.91. The molecule has 0 aliphatic carbocycles. The van der Waals surface area contributed by atoms with Crippen LogP contribution in [0.2, 0.25) is 0 Å². The number of sulfonamides is 2. The Balaban J connectivity index is 1.55. The predicted molar refractivity (Wildman–Crippen MR) is 132 cm³/mol. The van der Waals surface area contributed by atoms with Gasteiger partial charge in [0.2, 0.25) is 20.0 Å². The van der Waals surface area contributed by atoms with Crippen LogP contribution in [-0.2, 0) is 37.9 Å². The molecule has 1 aliphatic heterocycles. The van der Waals surface area contributed by atoms with Crippen LogP contribution in [0.1, 0.15) is 23.3 Å². The molecule has 34 heavy (non-hydrogen) atoms. The summed E-state index contributed by atoms with van der Waals surface area (Å²) >= 11 is 1.50. The second-order valence-corrected chi connectivity index (χ2v) is 13.2. The van der Waals surface area contributed by atoms with Crippen molar-refractivity contribution in [2.24, 2.45) is 0 Å². The molecule has 1 unspecified atom stereocenters. The summed E-state index contributed by atoms with van der Waals surface area (Å²) in [6, 6.07) is 18.6. The van der Waals surface area contributed by atoms with Crippen LogP contribution < -0.4 is 0 Å². The highest BCUT2D eigenvalue weighted by molar-refractivity contribution is 7.89. The highest BCUT2D eigenvalue weighted by Crippen LogP contribution is 2.25. The molecule has 1 aromatic heterocycles. The van der Waals surface area contributed by atoms with Gasteiger partial charge in [-0.2, -0.15) is 8.61 Å². The topological polar surface area (TPSA) is 84.0 Å². The maximum absolute atomic E-state index is 13.5. The molecular weight excluding hydrogens is 492 g/mol. The van der Waals surface area contributed by atoms with Crippen molar-refractivity contribution in [1.82, 2.24) is 8.61 Å². The third-order valence-corrected chi connectivity index (χ3v) is 10.3. The molecule has 182 valence electrons. The molecule has 1 aliphatic rings. The van der Waals surface area contributed by atoms with Gasteiger partial charge in [-0.1, -0.05) is 36.4 Å². The van der Waals surface area contributed by atoms with Gasteiger partial charge in [-0.25, -0.2) is 16.8 Å². The molecule has 4 rings (SSSR count). The van der Waals surface area contributed by atoms with Gasteiger partial charge in [-0.05, 0) is 54.1 Å². The normalized spacial score (nSPS) is 17.0. The number of benzene rings is 2. The summed E-state index contributed by atoms with van der Waals surface area (Å²) in [6.07, 6.45) is 1.60. The van der Waals surface area contributed by atoms with Gasteiger partial charge in [0.25, 0.3) is 0 Å². The van der Waals surface area contributed by atoms with E-state index in [0.29, 0.717) is 6.61 Å². The van der Waals surface area contributed by atoms with Crippen LogP contribution in [0.15, 0.2) is 81.9 Å². The molecule has 1 fully saturated rings. The number of rotatable bonds is 10. The molecule has 0 N–H and O–H groups in total. The number of thiophene rings is 1. The summed E-state index contributed by atoms with van der Waals surface area (Å²) in [5.74, 6) is 0. The molecule has 10 heteroatoms. The minimum Gasteiger partial charge on any atom is -0.377 e. The van der Waals surface area contributed by atoms with Crippen molar-refractivity contribution in [1.29, 1.82) is 0 Å². The molecular formula is C24H28N2O5S3. The quantitative estimate of drug-likeness (QED) is 0.404.